The van der Waals surface area contributed by atoms with Gasteiger partial charge >= 0.3 is 141 Å². The Morgan fingerprint density at radius 2 is 1.65 bits per heavy atom. The van der Waals surface area contributed by atoms with Crippen LogP contribution in [-0.4, -0.2) is 17.5 Å². The summed E-state index contributed by atoms with van der Waals surface area (Å²) in [4.78, 5) is 0. The predicted molar refractivity (Wildman–Crippen MR) is 91.4 cm³/mol. The van der Waals surface area contributed by atoms with Crippen molar-refractivity contribution in [1.29, 1.82) is 0 Å². The first kappa shape index (κ1) is 19.0. The van der Waals surface area contributed by atoms with Crippen molar-refractivity contribution in [2.75, 3.05) is 0 Å². The normalized spacial score (nSPS) is 20.7. The Morgan fingerprint density at radius 3 is 1.95 bits per heavy atom. The number of hydrogen-bond acceptors (Lipinski definition) is 1. The van der Waals surface area contributed by atoms with Gasteiger partial charge in [0.25, 0.3) is 0 Å². The van der Waals surface area contributed by atoms with E-state index in [1.165, 1.54) is 16.7 Å². The zero-order valence-electron chi connectivity index (χ0n) is 14.1. The van der Waals surface area contributed by atoms with Crippen LogP contribution in [0.2, 0.25) is 13.1 Å². The Morgan fingerprint density at radius 1 is 1.15 bits per heavy atom. The maximum absolute atomic E-state index is 6.41. The van der Waals surface area contributed by atoms with Crippen LogP contribution in [0.3, 0.4) is 0 Å². The molecule has 0 bridgehead atoms. The zero-order valence-corrected chi connectivity index (χ0v) is 18.3. The first-order valence-electron chi connectivity index (χ1n) is 7.35. The SMILES string of the molecule is CC1=C(C)C(C)C(CC(C)(C)[N]([SiH](C)C)[Ti]([Cl])[Cl])=C1C. The number of hydrogen-bond donors (Lipinski definition) is 0. The van der Waals surface area contributed by atoms with Gasteiger partial charge in [-0.2, -0.15) is 0 Å². The van der Waals surface area contributed by atoms with Crippen molar-refractivity contribution in [3.8, 4) is 0 Å². The summed E-state index contributed by atoms with van der Waals surface area (Å²) in [6.45, 7) is 18.4. The van der Waals surface area contributed by atoms with E-state index in [0.717, 1.165) is 6.42 Å². The molecule has 1 atom stereocenters. The van der Waals surface area contributed by atoms with E-state index in [2.05, 4.69) is 57.7 Å². The van der Waals surface area contributed by atoms with Gasteiger partial charge in [-0.25, -0.2) is 0 Å². The van der Waals surface area contributed by atoms with Crippen LogP contribution in [0.5, 0.6) is 0 Å². The van der Waals surface area contributed by atoms with E-state index in [1.807, 2.05) is 0 Å². The van der Waals surface area contributed by atoms with Crippen LogP contribution >= 0.6 is 18.6 Å². The fourth-order valence-corrected chi connectivity index (χ4v) is 14.7. The van der Waals surface area contributed by atoms with Gasteiger partial charge in [0.2, 0.25) is 0 Å². The number of rotatable bonds is 5. The Balaban J connectivity index is 3.04. The molecule has 0 heterocycles. The number of halogens is 2. The van der Waals surface area contributed by atoms with Gasteiger partial charge in [0.15, 0.2) is 0 Å². The molecule has 0 N–H and O–H groups in total. The van der Waals surface area contributed by atoms with E-state index in [1.54, 1.807) is 5.57 Å². The van der Waals surface area contributed by atoms with Crippen molar-refractivity contribution < 1.29 is 16.0 Å². The van der Waals surface area contributed by atoms with Gasteiger partial charge in [-0.1, -0.05) is 0 Å². The van der Waals surface area contributed by atoms with E-state index < -0.39 is 25.0 Å². The molecule has 1 unspecified atom stereocenters. The Bertz CT molecular complexity index is 433. The first-order valence-corrected chi connectivity index (χ1v) is 15.2. The van der Waals surface area contributed by atoms with E-state index in [0.29, 0.717) is 5.92 Å². The van der Waals surface area contributed by atoms with Crippen molar-refractivity contribution in [3.63, 3.8) is 0 Å². The summed E-state index contributed by atoms with van der Waals surface area (Å²) in [5.74, 6) is 0.569. The van der Waals surface area contributed by atoms with Gasteiger partial charge in [-0.3, -0.25) is 0 Å². The molecular formula is C15H28Cl2NSiTi. The molecule has 0 aromatic rings. The Hall–Kier alpha value is 0.951. The summed E-state index contributed by atoms with van der Waals surface area (Å²) in [7, 11) is 11.8. The molecule has 1 nitrogen and oxygen atoms in total. The summed E-state index contributed by atoms with van der Waals surface area (Å²) in [5, 5.41) is 0. The molecule has 0 fully saturated rings. The fourth-order valence-electron chi connectivity index (χ4n) is 3.41. The van der Waals surface area contributed by atoms with Gasteiger partial charge in [0.1, 0.15) is 0 Å². The second-order valence-electron chi connectivity index (χ2n) is 6.87. The van der Waals surface area contributed by atoms with Crippen molar-refractivity contribution in [2.24, 2.45) is 5.92 Å². The van der Waals surface area contributed by atoms with E-state index in [4.69, 9.17) is 18.6 Å². The molecule has 0 spiro atoms. The van der Waals surface area contributed by atoms with Crippen molar-refractivity contribution in [2.45, 2.75) is 66.6 Å². The molecule has 0 saturated carbocycles. The summed E-state index contributed by atoms with van der Waals surface area (Å²) in [6.07, 6.45) is 1.08. The first-order chi connectivity index (χ1) is 9.00. The van der Waals surface area contributed by atoms with Crippen LogP contribution in [0.1, 0.15) is 48.0 Å². The summed E-state index contributed by atoms with van der Waals surface area (Å²) in [6, 6.07) is 0. The summed E-state index contributed by atoms with van der Waals surface area (Å²) < 4.78 is 2.49. The molecule has 115 valence electrons. The average molecular weight is 369 g/mol. The second kappa shape index (κ2) is 7.02. The Kier molecular flexibility index (Phi) is 6.67. The van der Waals surface area contributed by atoms with Gasteiger partial charge in [0.05, 0.1) is 0 Å². The van der Waals surface area contributed by atoms with Gasteiger partial charge < -0.3 is 0 Å². The standard InChI is InChI=1S/C15H28NSi.2ClH.Ti/c1-10-11(2)13(4)14(12(10)3)9-15(5,6)16-17(7)8;;;/h12,17H,9H2,1-8H3;2*1H;/q-1;;;+3/p-2. The molecular weight excluding hydrogens is 341 g/mol. The number of nitrogens with zero attached hydrogens (tertiary/aromatic N) is 1. The van der Waals surface area contributed by atoms with E-state index >= 15 is 0 Å². The summed E-state index contributed by atoms with van der Waals surface area (Å²) in [5.41, 5.74) is 6.14. The second-order valence-corrected chi connectivity index (χ2v) is 15.6. The van der Waals surface area contributed by atoms with Crippen LogP contribution in [0.15, 0.2) is 22.3 Å². The third kappa shape index (κ3) is 3.83. The molecule has 0 saturated heterocycles. The maximum atomic E-state index is 6.41. The minimum absolute atomic E-state index is 0.0783. The van der Waals surface area contributed by atoms with Crippen molar-refractivity contribution >= 4 is 27.6 Å². The average Bonchev–Trinajstić information content (AvgIpc) is 2.45. The summed E-state index contributed by atoms with van der Waals surface area (Å²) >= 11 is -2.07. The van der Waals surface area contributed by atoms with Gasteiger partial charge in [0, 0.05) is 0 Å². The fraction of sp³-hybridized carbons (Fsp3) is 0.733. The van der Waals surface area contributed by atoms with Crippen LogP contribution in [-0.2, 0) is 16.0 Å². The molecule has 1 rings (SSSR count). The third-order valence-corrected chi connectivity index (χ3v) is 14.4. The van der Waals surface area contributed by atoms with Crippen LogP contribution in [0, 0.1) is 5.92 Å². The van der Waals surface area contributed by atoms with Gasteiger partial charge in [-0.15, -0.1) is 0 Å². The molecule has 20 heavy (non-hydrogen) atoms. The predicted octanol–water partition coefficient (Wildman–Crippen LogP) is 5.58. The monoisotopic (exact) mass is 368 g/mol. The van der Waals surface area contributed by atoms with Crippen LogP contribution < -0.4 is 0 Å². The quantitative estimate of drug-likeness (QED) is 0.572. The van der Waals surface area contributed by atoms with Crippen molar-refractivity contribution in [3.05, 3.63) is 22.3 Å². The molecule has 0 radical (unpaired) electrons. The molecule has 0 amide bonds. The Labute approximate surface area is 141 Å². The molecule has 1 aliphatic carbocycles. The van der Waals surface area contributed by atoms with Crippen molar-refractivity contribution in [1.82, 2.24) is 3.05 Å². The topological polar surface area (TPSA) is 3.24 Å². The number of allylic oxidation sites excluding steroid dienone is 3. The van der Waals surface area contributed by atoms with E-state index in [-0.39, 0.29) is 5.54 Å². The van der Waals surface area contributed by atoms with E-state index in [9.17, 15) is 0 Å². The van der Waals surface area contributed by atoms with Crippen LogP contribution in [0.4, 0.5) is 0 Å². The molecule has 0 aliphatic heterocycles. The molecule has 1 aliphatic rings. The zero-order chi connectivity index (χ0) is 15.8. The molecule has 5 heteroatoms. The van der Waals surface area contributed by atoms with Gasteiger partial charge in [-0.05, 0) is 0 Å². The molecule has 0 aromatic carbocycles. The third-order valence-electron chi connectivity index (χ3n) is 4.78. The molecule has 0 aromatic heterocycles. The minimum atomic E-state index is -2.07. The van der Waals surface area contributed by atoms with Crippen LogP contribution in [0.25, 0.3) is 0 Å².